The Bertz CT molecular complexity index is 1350. The second-order valence-corrected chi connectivity index (χ2v) is 9.26. The SMILES string of the molecule is CCCCOc1cccc(C2c3c(-c4ccc(OC)cc4)n[nH]c3C(=O)N2Cc2ccc(Cl)cc2)c1. The Morgan fingerprint density at radius 1 is 1.03 bits per heavy atom. The summed E-state index contributed by atoms with van der Waals surface area (Å²) in [7, 11) is 1.64. The number of nitrogens with one attached hydrogen (secondary N) is 1. The third kappa shape index (κ3) is 4.69. The molecule has 36 heavy (non-hydrogen) atoms. The van der Waals surface area contributed by atoms with Crippen molar-refractivity contribution < 1.29 is 14.3 Å². The standard InChI is InChI=1S/C29H28ClN3O3/c1-3-4-16-36-24-7-5-6-21(17-24)28-25-26(20-10-14-23(35-2)15-11-20)31-32-27(25)29(34)33(28)18-19-8-12-22(30)13-9-19/h5-15,17,28H,3-4,16,18H2,1-2H3,(H,31,32). The number of hydrogen-bond acceptors (Lipinski definition) is 4. The van der Waals surface area contributed by atoms with E-state index >= 15 is 0 Å². The Morgan fingerprint density at radius 3 is 2.53 bits per heavy atom. The Hall–Kier alpha value is -3.77. The van der Waals surface area contributed by atoms with Gasteiger partial charge < -0.3 is 14.4 Å². The minimum atomic E-state index is -0.325. The molecule has 4 aromatic rings. The van der Waals surface area contributed by atoms with Crippen LogP contribution in [0.5, 0.6) is 11.5 Å². The fraction of sp³-hybridized carbons (Fsp3) is 0.241. The number of ether oxygens (including phenoxy) is 2. The van der Waals surface area contributed by atoms with Gasteiger partial charge in [-0.3, -0.25) is 9.89 Å². The lowest BCUT2D eigenvalue weighted by molar-refractivity contribution is 0.0730. The van der Waals surface area contributed by atoms with Gasteiger partial charge in [-0.15, -0.1) is 0 Å². The molecule has 1 aliphatic rings. The lowest BCUT2D eigenvalue weighted by atomic mass is 9.95. The number of unbranched alkanes of at least 4 members (excludes halogenated alkanes) is 1. The molecule has 0 fully saturated rings. The monoisotopic (exact) mass is 501 g/mol. The van der Waals surface area contributed by atoms with Crippen molar-refractivity contribution in [2.75, 3.05) is 13.7 Å². The molecule has 6 nitrogen and oxygen atoms in total. The summed E-state index contributed by atoms with van der Waals surface area (Å²) in [5, 5.41) is 8.25. The highest BCUT2D eigenvalue weighted by molar-refractivity contribution is 6.30. The average molecular weight is 502 g/mol. The number of amides is 1. The minimum Gasteiger partial charge on any atom is -0.497 e. The van der Waals surface area contributed by atoms with Gasteiger partial charge in [0.25, 0.3) is 5.91 Å². The summed E-state index contributed by atoms with van der Waals surface area (Å²) in [6.45, 7) is 3.23. The first-order chi connectivity index (χ1) is 17.6. The van der Waals surface area contributed by atoms with Crippen LogP contribution < -0.4 is 9.47 Å². The van der Waals surface area contributed by atoms with E-state index in [-0.39, 0.29) is 11.9 Å². The number of carbonyl (C=O) groups excluding carboxylic acids is 1. The summed E-state index contributed by atoms with van der Waals surface area (Å²) in [6.07, 6.45) is 2.05. The maximum Gasteiger partial charge on any atom is 0.273 e. The second kappa shape index (κ2) is 10.5. The quantitative estimate of drug-likeness (QED) is 0.260. The van der Waals surface area contributed by atoms with E-state index < -0.39 is 0 Å². The molecule has 0 saturated heterocycles. The summed E-state index contributed by atoms with van der Waals surface area (Å²) in [5.74, 6) is 1.47. The van der Waals surface area contributed by atoms with Crippen LogP contribution in [0, 0.1) is 0 Å². The molecule has 0 radical (unpaired) electrons. The van der Waals surface area contributed by atoms with E-state index in [1.165, 1.54) is 0 Å². The fourth-order valence-electron chi connectivity index (χ4n) is 4.57. The summed E-state index contributed by atoms with van der Waals surface area (Å²) in [4.78, 5) is 15.5. The largest absolute Gasteiger partial charge is 0.497 e. The van der Waals surface area contributed by atoms with Crippen molar-refractivity contribution in [3.05, 3.63) is 100 Å². The third-order valence-electron chi connectivity index (χ3n) is 6.43. The van der Waals surface area contributed by atoms with Crippen LogP contribution in [0.1, 0.15) is 53.0 Å². The molecule has 0 spiro atoms. The molecule has 1 aliphatic heterocycles. The summed E-state index contributed by atoms with van der Waals surface area (Å²) >= 11 is 6.10. The van der Waals surface area contributed by atoms with Gasteiger partial charge in [0.2, 0.25) is 0 Å². The number of hydrogen-bond donors (Lipinski definition) is 1. The van der Waals surface area contributed by atoms with Crippen molar-refractivity contribution in [2.45, 2.75) is 32.4 Å². The maximum absolute atomic E-state index is 13.7. The first kappa shape index (κ1) is 23.9. The molecule has 184 valence electrons. The molecular weight excluding hydrogens is 474 g/mol. The fourth-order valence-corrected chi connectivity index (χ4v) is 4.70. The van der Waals surface area contributed by atoms with Crippen molar-refractivity contribution >= 4 is 17.5 Å². The van der Waals surface area contributed by atoms with E-state index in [0.717, 1.165) is 52.3 Å². The van der Waals surface area contributed by atoms with Crippen LogP contribution in [0.25, 0.3) is 11.3 Å². The zero-order chi connectivity index (χ0) is 25.1. The number of rotatable bonds is 9. The van der Waals surface area contributed by atoms with Crippen molar-refractivity contribution in [1.82, 2.24) is 15.1 Å². The number of nitrogens with zero attached hydrogens (tertiary/aromatic N) is 2. The van der Waals surface area contributed by atoms with Gasteiger partial charge in [-0.1, -0.05) is 49.2 Å². The van der Waals surface area contributed by atoms with E-state index in [1.54, 1.807) is 7.11 Å². The smallest absolute Gasteiger partial charge is 0.273 e. The summed E-state index contributed by atoms with van der Waals surface area (Å²) in [6, 6.07) is 23.0. The van der Waals surface area contributed by atoms with Crippen molar-refractivity contribution in [3.8, 4) is 22.8 Å². The highest BCUT2D eigenvalue weighted by Crippen LogP contribution is 2.44. The van der Waals surface area contributed by atoms with Crippen LogP contribution in [0.15, 0.2) is 72.8 Å². The van der Waals surface area contributed by atoms with Gasteiger partial charge in [-0.25, -0.2) is 0 Å². The molecule has 1 unspecified atom stereocenters. The number of carbonyl (C=O) groups is 1. The number of methoxy groups -OCH3 is 1. The van der Waals surface area contributed by atoms with Crippen LogP contribution in [-0.4, -0.2) is 34.7 Å². The van der Waals surface area contributed by atoms with Gasteiger partial charge in [0.15, 0.2) is 0 Å². The number of aromatic nitrogens is 2. The van der Waals surface area contributed by atoms with Crippen molar-refractivity contribution in [2.24, 2.45) is 0 Å². The topological polar surface area (TPSA) is 67.5 Å². The summed E-state index contributed by atoms with van der Waals surface area (Å²) in [5.41, 5.74) is 5.01. The van der Waals surface area contributed by atoms with E-state index in [1.807, 2.05) is 77.7 Å². The van der Waals surface area contributed by atoms with Crippen LogP contribution >= 0.6 is 11.6 Å². The normalized spacial score (nSPS) is 14.7. The molecule has 7 heteroatoms. The number of H-pyrrole nitrogens is 1. The molecular formula is C29H28ClN3O3. The van der Waals surface area contributed by atoms with Crippen molar-refractivity contribution in [3.63, 3.8) is 0 Å². The molecule has 5 rings (SSSR count). The van der Waals surface area contributed by atoms with E-state index in [9.17, 15) is 4.79 Å². The molecule has 3 aromatic carbocycles. The Labute approximate surface area is 215 Å². The molecule has 1 atom stereocenters. The predicted octanol–water partition coefficient (Wildman–Crippen LogP) is 6.66. The van der Waals surface area contributed by atoms with E-state index in [0.29, 0.717) is 23.9 Å². The number of halogens is 1. The Kier molecular flexibility index (Phi) is 6.96. The van der Waals surface area contributed by atoms with E-state index in [2.05, 4.69) is 17.1 Å². The lowest BCUT2D eigenvalue weighted by Crippen LogP contribution is -2.29. The maximum atomic E-state index is 13.7. The predicted molar refractivity (Wildman–Crippen MR) is 141 cm³/mol. The third-order valence-corrected chi connectivity index (χ3v) is 6.69. The first-order valence-electron chi connectivity index (χ1n) is 12.1. The molecule has 1 N–H and O–H groups in total. The van der Waals surface area contributed by atoms with Gasteiger partial charge in [0.1, 0.15) is 17.2 Å². The second-order valence-electron chi connectivity index (χ2n) is 8.83. The average Bonchev–Trinajstić information content (AvgIpc) is 3.45. The first-order valence-corrected chi connectivity index (χ1v) is 12.5. The van der Waals surface area contributed by atoms with Gasteiger partial charge in [0.05, 0.1) is 25.5 Å². The van der Waals surface area contributed by atoms with Gasteiger partial charge >= 0.3 is 0 Å². The molecule has 1 aromatic heterocycles. The molecule has 0 bridgehead atoms. The lowest BCUT2D eigenvalue weighted by Gasteiger charge is -2.27. The zero-order valence-corrected chi connectivity index (χ0v) is 21.1. The van der Waals surface area contributed by atoms with Crippen LogP contribution in [0.4, 0.5) is 0 Å². The number of benzene rings is 3. The van der Waals surface area contributed by atoms with Crippen LogP contribution in [0.3, 0.4) is 0 Å². The molecule has 1 amide bonds. The highest BCUT2D eigenvalue weighted by atomic mass is 35.5. The molecule has 0 aliphatic carbocycles. The van der Waals surface area contributed by atoms with Gasteiger partial charge in [0, 0.05) is 22.7 Å². The highest BCUT2D eigenvalue weighted by Gasteiger charge is 2.42. The Balaban J connectivity index is 1.58. The Morgan fingerprint density at radius 2 is 1.81 bits per heavy atom. The van der Waals surface area contributed by atoms with Crippen molar-refractivity contribution in [1.29, 1.82) is 0 Å². The summed E-state index contributed by atoms with van der Waals surface area (Å²) < 4.78 is 11.3. The zero-order valence-electron chi connectivity index (χ0n) is 20.3. The van der Waals surface area contributed by atoms with Crippen LogP contribution in [0.2, 0.25) is 5.02 Å². The minimum absolute atomic E-state index is 0.0884. The van der Waals surface area contributed by atoms with E-state index in [4.69, 9.17) is 21.1 Å². The molecule has 0 saturated carbocycles. The number of fused-ring (bicyclic) bond motifs is 1. The van der Waals surface area contributed by atoms with Crippen LogP contribution in [-0.2, 0) is 6.54 Å². The molecule has 2 heterocycles. The van der Waals surface area contributed by atoms with Gasteiger partial charge in [-0.2, -0.15) is 5.10 Å². The number of aromatic amines is 1. The van der Waals surface area contributed by atoms with Gasteiger partial charge in [-0.05, 0) is 66.1 Å².